The van der Waals surface area contributed by atoms with Gasteiger partial charge in [-0.05, 0) is 34.6 Å². The Morgan fingerprint density at radius 1 is 0.917 bits per heavy atom. The summed E-state index contributed by atoms with van der Waals surface area (Å²) >= 11 is 0. The second-order valence-corrected chi connectivity index (χ2v) is 4.71. The van der Waals surface area contributed by atoms with E-state index in [9.17, 15) is 0 Å². The van der Waals surface area contributed by atoms with Crippen molar-refractivity contribution >= 4 is 34.8 Å². The number of para-hydroxylation sites is 1. The van der Waals surface area contributed by atoms with Crippen molar-refractivity contribution in [1.82, 2.24) is 20.3 Å². The van der Waals surface area contributed by atoms with E-state index in [1.807, 2.05) is 30.3 Å². The van der Waals surface area contributed by atoms with Gasteiger partial charge in [0.1, 0.15) is 5.76 Å². The van der Waals surface area contributed by atoms with Crippen LogP contribution in [0.5, 0.6) is 0 Å². The van der Waals surface area contributed by atoms with Crippen LogP contribution >= 0.6 is 0 Å². The first-order valence-electron chi connectivity index (χ1n) is 7.03. The highest BCUT2D eigenvalue weighted by Crippen LogP contribution is 2.23. The Morgan fingerprint density at radius 3 is 2.46 bits per heavy atom. The number of hydrogen-bond acceptors (Lipinski definition) is 9. The highest BCUT2D eigenvalue weighted by Gasteiger charge is 2.12. The monoisotopic (exact) mass is 321 g/mol. The van der Waals surface area contributed by atoms with Crippen LogP contribution in [-0.4, -0.2) is 26.5 Å². The number of fused-ring (bicyclic) bond motifs is 1. The second kappa shape index (κ2) is 6.16. The van der Waals surface area contributed by atoms with Crippen LogP contribution in [0.3, 0.4) is 0 Å². The number of nitrogens with one attached hydrogen (secondary N) is 2. The minimum absolute atomic E-state index is 0.282. The highest BCUT2D eigenvalue weighted by molar-refractivity contribution is 5.79. The van der Waals surface area contributed by atoms with E-state index in [0.717, 1.165) is 5.69 Å². The van der Waals surface area contributed by atoms with Crippen LogP contribution in [0.1, 0.15) is 5.76 Å². The minimum atomic E-state index is 0.282. The molecule has 4 rings (SSSR count). The number of anilines is 3. The molecule has 0 fully saturated rings. The molecule has 3 aromatic heterocycles. The Morgan fingerprint density at radius 2 is 1.71 bits per heavy atom. The zero-order valence-corrected chi connectivity index (χ0v) is 12.2. The first-order chi connectivity index (χ1) is 11.9. The number of nitrogens with zero attached hydrogens (tertiary/aromatic N) is 5. The van der Waals surface area contributed by atoms with Crippen molar-refractivity contribution in [2.24, 2.45) is 5.10 Å². The van der Waals surface area contributed by atoms with E-state index in [1.165, 1.54) is 6.21 Å². The van der Waals surface area contributed by atoms with Gasteiger partial charge in [-0.15, -0.1) is 0 Å². The van der Waals surface area contributed by atoms with E-state index in [-0.39, 0.29) is 5.65 Å². The highest BCUT2D eigenvalue weighted by atomic mass is 16.6. The Balaban J connectivity index is 1.65. The fraction of sp³-hybridized carbons (Fsp3) is 0. The van der Waals surface area contributed by atoms with Gasteiger partial charge < -0.3 is 9.73 Å². The number of aromatic nitrogens is 4. The van der Waals surface area contributed by atoms with Gasteiger partial charge in [0.05, 0.1) is 12.5 Å². The van der Waals surface area contributed by atoms with Crippen molar-refractivity contribution in [3.05, 3.63) is 54.5 Å². The summed E-state index contributed by atoms with van der Waals surface area (Å²) in [4.78, 5) is 8.65. The lowest BCUT2D eigenvalue weighted by atomic mass is 10.3. The molecule has 0 aliphatic heterocycles. The summed E-state index contributed by atoms with van der Waals surface area (Å²) in [6, 6.07) is 13.1. The van der Waals surface area contributed by atoms with Gasteiger partial charge in [-0.3, -0.25) is 5.43 Å². The summed E-state index contributed by atoms with van der Waals surface area (Å²) < 4.78 is 9.83. The zero-order valence-electron chi connectivity index (χ0n) is 12.2. The van der Waals surface area contributed by atoms with Crippen molar-refractivity contribution in [3.63, 3.8) is 0 Å². The quantitative estimate of drug-likeness (QED) is 0.426. The summed E-state index contributed by atoms with van der Waals surface area (Å²) in [5.41, 5.74) is 4.25. The summed E-state index contributed by atoms with van der Waals surface area (Å²) in [6.07, 6.45) is 3.09. The summed E-state index contributed by atoms with van der Waals surface area (Å²) in [5, 5.41) is 14.6. The third-order valence-corrected chi connectivity index (χ3v) is 3.06. The third kappa shape index (κ3) is 2.90. The first kappa shape index (κ1) is 13.9. The lowest BCUT2D eigenvalue weighted by Gasteiger charge is -2.08. The van der Waals surface area contributed by atoms with Crippen molar-refractivity contribution < 1.29 is 9.05 Å². The van der Waals surface area contributed by atoms with E-state index in [4.69, 9.17) is 4.42 Å². The standard InChI is InChI=1S/C15H11N7O2/c1-2-5-10(6-3-1)17-12-13(19-15-14(18-12)21-24-22-15)20-16-9-11-7-4-8-23-11/h1-9H,(H,17,18,21)(H,19,20,22). The molecule has 0 aliphatic rings. The predicted octanol–water partition coefficient (Wildman–Crippen LogP) is 2.80. The first-order valence-corrected chi connectivity index (χ1v) is 7.03. The SMILES string of the molecule is C(=NNc1nc2nonc2nc1Nc1ccccc1)c1ccco1. The van der Waals surface area contributed by atoms with Gasteiger partial charge in [-0.1, -0.05) is 18.2 Å². The number of rotatable bonds is 5. The van der Waals surface area contributed by atoms with E-state index >= 15 is 0 Å². The molecule has 0 saturated carbocycles. The third-order valence-electron chi connectivity index (χ3n) is 3.06. The van der Waals surface area contributed by atoms with Crippen LogP contribution < -0.4 is 10.7 Å². The molecule has 24 heavy (non-hydrogen) atoms. The maximum Gasteiger partial charge on any atom is 0.245 e. The molecule has 0 radical (unpaired) electrons. The summed E-state index contributed by atoms with van der Waals surface area (Å²) in [7, 11) is 0. The summed E-state index contributed by atoms with van der Waals surface area (Å²) in [5.74, 6) is 1.43. The summed E-state index contributed by atoms with van der Waals surface area (Å²) in [6.45, 7) is 0. The van der Waals surface area contributed by atoms with Gasteiger partial charge in [0.25, 0.3) is 0 Å². The molecular formula is C15H11N7O2. The van der Waals surface area contributed by atoms with Crippen LogP contribution in [0.15, 0.2) is 62.9 Å². The lowest BCUT2D eigenvalue weighted by Crippen LogP contribution is -2.03. The molecule has 4 aromatic rings. The van der Waals surface area contributed by atoms with Crippen LogP contribution in [0.25, 0.3) is 11.3 Å². The number of furan rings is 1. The van der Waals surface area contributed by atoms with Crippen molar-refractivity contribution in [2.45, 2.75) is 0 Å². The van der Waals surface area contributed by atoms with Crippen LogP contribution in [0.4, 0.5) is 17.3 Å². The average molecular weight is 321 g/mol. The largest absolute Gasteiger partial charge is 0.463 e. The van der Waals surface area contributed by atoms with Gasteiger partial charge in [0, 0.05) is 5.69 Å². The number of hydrazone groups is 1. The molecule has 0 aliphatic carbocycles. The average Bonchev–Trinajstić information content (AvgIpc) is 3.27. The molecule has 3 heterocycles. The molecule has 0 spiro atoms. The van der Waals surface area contributed by atoms with E-state index in [2.05, 4.69) is 40.8 Å². The molecule has 0 saturated heterocycles. The Hall–Kier alpha value is -3.75. The normalized spacial score (nSPS) is 11.2. The molecule has 2 N–H and O–H groups in total. The van der Waals surface area contributed by atoms with Crippen LogP contribution in [0, 0.1) is 0 Å². The molecule has 118 valence electrons. The van der Waals surface area contributed by atoms with Gasteiger partial charge in [-0.2, -0.15) is 10.1 Å². The second-order valence-electron chi connectivity index (χ2n) is 4.71. The Labute approximate surface area is 135 Å². The van der Waals surface area contributed by atoms with E-state index in [1.54, 1.807) is 18.4 Å². The van der Waals surface area contributed by atoms with Crippen molar-refractivity contribution in [3.8, 4) is 0 Å². The number of benzene rings is 1. The smallest absolute Gasteiger partial charge is 0.245 e. The molecule has 9 heteroatoms. The Kier molecular flexibility index (Phi) is 3.57. The molecule has 0 amide bonds. The molecule has 0 unspecified atom stereocenters. The zero-order chi connectivity index (χ0) is 16.2. The van der Waals surface area contributed by atoms with Crippen molar-refractivity contribution in [2.75, 3.05) is 10.7 Å². The predicted molar refractivity (Wildman–Crippen MR) is 87.0 cm³/mol. The fourth-order valence-corrected chi connectivity index (χ4v) is 1.98. The minimum Gasteiger partial charge on any atom is -0.463 e. The van der Waals surface area contributed by atoms with E-state index in [0.29, 0.717) is 23.0 Å². The van der Waals surface area contributed by atoms with Crippen LogP contribution in [0.2, 0.25) is 0 Å². The maximum atomic E-state index is 5.18. The van der Waals surface area contributed by atoms with Gasteiger partial charge >= 0.3 is 0 Å². The fourth-order valence-electron chi connectivity index (χ4n) is 1.98. The van der Waals surface area contributed by atoms with Gasteiger partial charge in [0.15, 0.2) is 11.6 Å². The van der Waals surface area contributed by atoms with Crippen molar-refractivity contribution in [1.29, 1.82) is 0 Å². The maximum absolute atomic E-state index is 5.18. The molecule has 9 nitrogen and oxygen atoms in total. The van der Waals surface area contributed by atoms with Gasteiger partial charge in [0.2, 0.25) is 11.3 Å². The van der Waals surface area contributed by atoms with Crippen LogP contribution in [-0.2, 0) is 0 Å². The molecule has 0 atom stereocenters. The van der Waals surface area contributed by atoms with E-state index < -0.39 is 0 Å². The molecule has 0 bridgehead atoms. The van der Waals surface area contributed by atoms with Gasteiger partial charge in [-0.25, -0.2) is 9.61 Å². The lowest BCUT2D eigenvalue weighted by molar-refractivity contribution is 0.314. The molecule has 1 aromatic carbocycles. The number of hydrogen-bond donors (Lipinski definition) is 2. The molecular weight excluding hydrogens is 310 g/mol. The topological polar surface area (TPSA) is 114 Å². The Bertz CT molecular complexity index is 964.